The Morgan fingerprint density at radius 3 is 2.58 bits per heavy atom. The van der Waals surface area contributed by atoms with Crippen LogP contribution in [0, 0.1) is 0 Å². The Kier molecular flexibility index (Phi) is 4.88. The van der Waals surface area contributed by atoms with E-state index in [4.69, 9.17) is 0 Å². The van der Waals surface area contributed by atoms with Gasteiger partial charge in [-0.3, -0.25) is 4.79 Å². The highest BCUT2D eigenvalue weighted by molar-refractivity contribution is 7.80. The predicted molar refractivity (Wildman–Crippen MR) is 80.9 cm³/mol. The molecule has 104 valence electrons. The second-order valence-electron chi connectivity index (χ2n) is 5.10. The van der Waals surface area contributed by atoms with E-state index in [1.807, 2.05) is 36.2 Å². The van der Waals surface area contributed by atoms with Crippen molar-refractivity contribution in [3.63, 3.8) is 0 Å². The number of carbonyl (C=O) groups excluding carboxylic acids is 1. The second kappa shape index (κ2) is 6.44. The minimum atomic E-state index is 0.0838. The van der Waals surface area contributed by atoms with Crippen LogP contribution in [-0.2, 0) is 0 Å². The van der Waals surface area contributed by atoms with Crippen LogP contribution in [0.5, 0.6) is 0 Å². The SMILES string of the molecule is CCN1CCC(N(C)C(=O)c2ccccc2S)CC1. The summed E-state index contributed by atoms with van der Waals surface area (Å²) in [5.41, 5.74) is 0.700. The zero-order valence-electron chi connectivity index (χ0n) is 11.7. The summed E-state index contributed by atoms with van der Waals surface area (Å²) in [6.45, 7) is 5.46. The van der Waals surface area contributed by atoms with Crippen LogP contribution in [0.4, 0.5) is 0 Å². The second-order valence-corrected chi connectivity index (χ2v) is 5.58. The number of rotatable bonds is 3. The molecule has 19 heavy (non-hydrogen) atoms. The number of likely N-dealkylation sites (tertiary alicyclic amines) is 1. The first-order valence-corrected chi connectivity index (χ1v) is 7.35. The van der Waals surface area contributed by atoms with Crippen molar-refractivity contribution in [3.05, 3.63) is 29.8 Å². The van der Waals surface area contributed by atoms with Gasteiger partial charge >= 0.3 is 0 Å². The molecule has 0 saturated carbocycles. The van der Waals surface area contributed by atoms with E-state index >= 15 is 0 Å². The van der Waals surface area contributed by atoms with Gasteiger partial charge in [0.1, 0.15) is 0 Å². The van der Waals surface area contributed by atoms with E-state index in [9.17, 15) is 4.79 Å². The first-order valence-electron chi connectivity index (χ1n) is 6.91. The first kappa shape index (κ1) is 14.4. The molecule has 1 aliphatic heterocycles. The van der Waals surface area contributed by atoms with Crippen LogP contribution >= 0.6 is 12.6 Å². The Morgan fingerprint density at radius 2 is 2.00 bits per heavy atom. The Bertz CT molecular complexity index is 442. The molecule has 1 aliphatic rings. The molecule has 1 amide bonds. The molecule has 0 aromatic heterocycles. The van der Waals surface area contributed by atoms with Crippen LogP contribution in [-0.4, -0.2) is 48.4 Å². The van der Waals surface area contributed by atoms with Crippen LogP contribution < -0.4 is 0 Å². The summed E-state index contributed by atoms with van der Waals surface area (Å²) in [7, 11) is 1.91. The van der Waals surface area contributed by atoms with Crippen LogP contribution in [0.3, 0.4) is 0 Å². The highest BCUT2D eigenvalue weighted by atomic mass is 32.1. The van der Waals surface area contributed by atoms with Gasteiger partial charge in [-0.25, -0.2) is 0 Å². The molecule has 0 aliphatic carbocycles. The summed E-state index contributed by atoms with van der Waals surface area (Å²) in [6, 6.07) is 7.86. The maximum atomic E-state index is 12.5. The third-order valence-electron chi connectivity index (χ3n) is 4.01. The number of benzene rings is 1. The molecule has 0 N–H and O–H groups in total. The average Bonchev–Trinajstić information content (AvgIpc) is 2.46. The van der Waals surface area contributed by atoms with Crippen molar-refractivity contribution >= 4 is 18.5 Å². The quantitative estimate of drug-likeness (QED) is 0.859. The van der Waals surface area contributed by atoms with E-state index in [2.05, 4.69) is 24.5 Å². The van der Waals surface area contributed by atoms with Crippen molar-refractivity contribution in [3.8, 4) is 0 Å². The molecule has 2 rings (SSSR count). The lowest BCUT2D eigenvalue weighted by molar-refractivity contribution is 0.0643. The van der Waals surface area contributed by atoms with Gasteiger partial charge < -0.3 is 9.80 Å². The molecule has 1 fully saturated rings. The third kappa shape index (κ3) is 3.31. The monoisotopic (exact) mass is 278 g/mol. The highest BCUT2D eigenvalue weighted by Crippen LogP contribution is 2.20. The summed E-state index contributed by atoms with van der Waals surface area (Å²) in [5.74, 6) is 0.0838. The molecular weight excluding hydrogens is 256 g/mol. The van der Waals surface area contributed by atoms with Crippen LogP contribution in [0.1, 0.15) is 30.1 Å². The molecule has 0 bridgehead atoms. The average molecular weight is 278 g/mol. The Balaban J connectivity index is 2.02. The number of carbonyl (C=O) groups is 1. The van der Waals surface area contributed by atoms with Crippen LogP contribution in [0.15, 0.2) is 29.2 Å². The van der Waals surface area contributed by atoms with Crippen molar-refractivity contribution < 1.29 is 4.79 Å². The number of nitrogens with zero attached hydrogens (tertiary/aromatic N) is 2. The maximum absolute atomic E-state index is 12.5. The molecule has 3 nitrogen and oxygen atoms in total. The Hall–Kier alpha value is -1.00. The minimum Gasteiger partial charge on any atom is -0.339 e. The molecular formula is C15H22N2OS. The fraction of sp³-hybridized carbons (Fsp3) is 0.533. The maximum Gasteiger partial charge on any atom is 0.254 e. The van der Waals surface area contributed by atoms with Gasteiger partial charge in [0.05, 0.1) is 5.56 Å². The van der Waals surface area contributed by atoms with Crippen molar-refractivity contribution in [1.29, 1.82) is 0 Å². The summed E-state index contributed by atoms with van der Waals surface area (Å²) < 4.78 is 0. The zero-order valence-corrected chi connectivity index (χ0v) is 12.6. The molecule has 0 unspecified atom stereocenters. The minimum absolute atomic E-state index is 0.0838. The van der Waals surface area contributed by atoms with Gasteiger partial charge in [0.15, 0.2) is 0 Å². The van der Waals surface area contributed by atoms with Gasteiger partial charge in [0.2, 0.25) is 0 Å². The lowest BCUT2D eigenvalue weighted by Crippen LogP contribution is -2.45. The lowest BCUT2D eigenvalue weighted by Gasteiger charge is -2.36. The van der Waals surface area contributed by atoms with E-state index < -0.39 is 0 Å². The third-order valence-corrected chi connectivity index (χ3v) is 4.40. The molecule has 1 saturated heterocycles. The van der Waals surface area contributed by atoms with E-state index in [1.165, 1.54) is 0 Å². The van der Waals surface area contributed by atoms with E-state index in [1.54, 1.807) is 0 Å². The van der Waals surface area contributed by atoms with Gasteiger partial charge in [-0.1, -0.05) is 19.1 Å². The fourth-order valence-corrected chi connectivity index (χ4v) is 2.89. The molecule has 0 radical (unpaired) electrons. The molecule has 1 aromatic carbocycles. The number of thiol groups is 1. The van der Waals surface area contributed by atoms with Crippen LogP contribution in [0.25, 0.3) is 0 Å². The van der Waals surface area contributed by atoms with Crippen LogP contribution in [0.2, 0.25) is 0 Å². The van der Waals surface area contributed by atoms with Gasteiger partial charge in [0.25, 0.3) is 5.91 Å². The number of piperidine rings is 1. The van der Waals surface area contributed by atoms with Crippen molar-refractivity contribution in [2.24, 2.45) is 0 Å². The largest absolute Gasteiger partial charge is 0.339 e. The van der Waals surface area contributed by atoms with Crippen molar-refractivity contribution in [2.45, 2.75) is 30.7 Å². The van der Waals surface area contributed by atoms with Gasteiger partial charge in [-0.2, -0.15) is 0 Å². The highest BCUT2D eigenvalue weighted by Gasteiger charge is 2.25. The molecule has 4 heteroatoms. The van der Waals surface area contributed by atoms with Gasteiger partial charge in [-0.05, 0) is 31.5 Å². The lowest BCUT2D eigenvalue weighted by atomic mass is 10.0. The Morgan fingerprint density at radius 1 is 1.37 bits per heavy atom. The summed E-state index contributed by atoms with van der Waals surface area (Å²) in [5, 5.41) is 0. The van der Waals surface area contributed by atoms with Gasteiger partial charge in [0, 0.05) is 31.1 Å². The normalized spacial score (nSPS) is 17.4. The summed E-state index contributed by atoms with van der Waals surface area (Å²) in [4.78, 5) is 17.6. The van der Waals surface area contributed by atoms with Crippen molar-refractivity contribution in [1.82, 2.24) is 9.80 Å². The molecule has 1 heterocycles. The van der Waals surface area contributed by atoms with E-state index in [-0.39, 0.29) is 5.91 Å². The number of hydrogen-bond acceptors (Lipinski definition) is 3. The smallest absolute Gasteiger partial charge is 0.254 e. The van der Waals surface area contributed by atoms with Gasteiger partial charge in [-0.15, -0.1) is 12.6 Å². The zero-order chi connectivity index (χ0) is 13.8. The van der Waals surface area contributed by atoms with Crippen molar-refractivity contribution in [2.75, 3.05) is 26.7 Å². The number of amides is 1. The van der Waals surface area contributed by atoms with E-state index in [0.29, 0.717) is 11.6 Å². The fourth-order valence-electron chi connectivity index (χ4n) is 2.63. The molecule has 1 aromatic rings. The topological polar surface area (TPSA) is 23.6 Å². The molecule has 0 atom stereocenters. The number of hydrogen-bond donors (Lipinski definition) is 1. The Labute approximate surface area is 121 Å². The summed E-state index contributed by atoms with van der Waals surface area (Å²) >= 11 is 4.37. The molecule has 0 spiro atoms. The predicted octanol–water partition coefficient (Wildman–Crippen LogP) is 2.53. The van der Waals surface area contributed by atoms with E-state index in [0.717, 1.165) is 37.4 Å². The first-order chi connectivity index (χ1) is 9.13. The standard InChI is InChI=1S/C15H22N2OS/c1-3-17-10-8-12(9-11-17)16(2)15(18)13-6-4-5-7-14(13)19/h4-7,12,19H,3,8-11H2,1-2H3. The summed E-state index contributed by atoms with van der Waals surface area (Å²) in [6.07, 6.45) is 2.12.